The lowest BCUT2D eigenvalue weighted by atomic mass is 10.1. The van der Waals surface area contributed by atoms with Crippen LogP contribution < -0.4 is 0 Å². The number of esters is 1. The summed E-state index contributed by atoms with van der Waals surface area (Å²) in [6.07, 6.45) is 2.90. The van der Waals surface area contributed by atoms with Gasteiger partial charge >= 0.3 is 5.97 Å². The first-order valence-corrected chi connectivity index (χ1v) is 11.7. The smallest absolute Gasteiger partial charge is 0.333 e. The minimum Gasteiger partial charge on any atom is -0.463 e. The molecule has 0 aliphatic carbocycles. The highest BCUT2D eigenvalue weighted by Crippen LogP contribution is 2.29. The number of hydrogen-bond acceptors (Lipinski definition) is 7. The Balaban J connectivity index is 1.71. The Hall–Kier alpha value is -2.17. The lowest BCUT2D eigenvalue weighted by Crippen LogP contribution is -2.31. The van der Waals surface area contributed by atoms with Crippen molar-refractivity contribution in [1.82, 2.24) is 9.21 Å². The predicted molar refractivity (Wildman–Crippen MR) is 108 cm³/mol. The fourth-order valence-corrected chi connectivity index (χ4v) is 5.56. The predicted octanol–water partition coefficient (Wildman–Crippen LogP) is 1.63. The van der Waals surface area contributed by atoms with Crippen LogP contribution in [0.5, 0.6) is 0 Å². The Morgan fingerprint density at radius 2 is 1.83 bits per heavy atom. The van der Waals surface area contributed by atoms with E-state index in [1.807, 2.05) is 0 Å². The second-order valence-corrected chi connectivity index (χ2v) is 9.50. The summed E-state index contributed by atoms with van der Waals surface area (Å²) >= 11 is 1.17. The van der Waals surface area contributed by atoms with Crippen LogP contribution in [0.2, 0.25) is 0 Å². The minimum absolute atomic E-state index is 0.144. The highest BCUT2D eigenvalue weighted by Gasteiger charge is 2.30. The van der Waals surface area contributed by atoms with Gasteiger partial charge in [-0.1, -0.05) is 11.8 Å². The van der Waals surface area contributed by atoms with Crippen molar-refractivity contribution in [3.63, 3.8) is 0 Å². The molecule has 0 aromatic heterocycles. The largest absolute Gasteiger partial charge is 0.463 e. The van der Waals surface area contributed by atoms with E-state index in [9.17, 15) is 22.8 Å². The van der Waals surface area contributed by atoms with E-state index in [4.69, 9.17) is 4.74 Å². The van der Waals surface area contributed by atoms with Crippen LogP contribution in [-0.2, 0) is 24.3 Å². The van der Waals surface area contributed by atoms with Crippen molar-refractivity contribution in [2.45, 2.75) is 24.7 Å². The molecule has 0 saturated carbocycles. The van der Waals surface area contributed by atoms with Crippen molar-refractivity contribution in [1.29, 1.82) is 0 Å². The number of benzene rings is 1. The summed E-state index contributed by atoms with van der Waals surface area (Å²) in [5.41, 5.74) is 0.297. The molecular formula is C19H22N2O6S2. The molecular weight excluding hydrogens is 416 g/mol. The van der Waals surface area contributed by atoms with Crippen LogP contribution in [0.3, 0.4) is 0 Å². The van der Waals surface area contributed by atoms with E-state index in [1.165, 1.54) is 51.3 Å². The van der Waals surface area contributed by atoms with Gasteiger partial charge in [0.05, 0.1) is 34.9 Å². The van der Waals surface area contributed by atoms with E-state index >= 15 is 0 Å². The van der Waals surface area contributed by atoms with Crippen molar-refractivity contribution in [2.75, 3.05) is 32.0 Å². The molecule has 0 spiro atoms. The average Bonchev–Trinajstić information content (AvgIpc) is 3.35. The van der Waals surface area contributed by atoms with E-state index in [-0.39, 0.29) is 35.5 Å². The molecule has 0 unspecified atom stereocenters. The van der Waals surface area contributed by atoms with Crippen LogP contribution in [0.4, 0.5) is 0 Å². The maximum atomic E-state index is 12.6. The van der Waals surface area contributed by atoms with Gasteiger partial charge < -0.3 is 4.74 Å². The van der Waals surface area contributed by atoms with Crippen LogP contribution in [0, 0.1) is 0 Å². The maximum absolute atomic E-state index is 12.6. The second kappa shape index (κ2) is 9.10. The summed E-state index contributed by atoms with van der Waals surface area (Å²) in [5, 5.41) is 0.370. The van der Waals surface area contributed by atoms with E-state index in [2.05, 4.69) is 0 Å². The van der Waals surface area contributed by atoms with Crippen molar-refractivity contribution in [2.24, 2.45) is 0 Å². The fourth-order valence-electron chi connectivity index (χ4n) is 3.11. The molecule has 156 valence electrons. The normalized spacial score (nSPS) is 19.1. The molecule has 8 nitrogen and oxygen atoms in total. The van der Waals surface area contributed by atoms with Gasteiger partial charge in [0.25, 0.3) is 0 Å². The molecule has 2 aliphatic rings. The van der Waals surface area contributed by atoms with E-state index in [0.717, 1.165) is 12.8 Å². The quantitative estimate of drug-likeness (QED) is 0.362. The molecule has 2 saturated heterocycles. The first-order valence-electron chi connectivity index (χ1n) is 9.28. The molecule has 29 heavy (non-hydrogen) atoms. The van der Waals surface area contributed by atoms with Gasteiger partial charge in [-0.25, -0.2) is 13.2 Å². The summed E-state index contributed by atoms with van der Waals surface area (Å²) in [7, 11) is -3.55. The van der Waals surface area contributed by atoms with Crippen molar-refractivity contribution < 1.29 is 27.5 Å². The topological polar surface area (TPSA) is 101 Å². The van der Waals surface area contributed by atoms with Crippen LogP contribution >= 0.6 is 11.8 Å². The summed E-state index contributed by atoms with van der Waals surface area (Å²) in [6.45, 7) is 2.68. The second-order valence-electron chi connectivity index (χ2n) is 6.56. The van der Waals surface area contributed by atoms with E-state index in [1.54, 1.807) is 6.92 Å². The molecule has 2 aliphatic heterocycles. The van der Waals surface area contributed by atoms with Gasteiger partial charge in [0.2, 0.25) is 15.9 Å². The SMILES string of the molecule is CCOC(=O)/C=C1\SCC(=O)N1CC(=O)c1ccc(S(=O)(=O)N2CCCC2)cc1. The zero-order valence-corrected chi connectivity index (χ0v) is 17.6. The highest BCUT2D eigenvalue weighted by atomic mass is 32.2. The molecule has 2 fully saturated rings. The van der Waals surface area contributed by atoms with Crippen molar-refractivity contribution in [3.8, 4) is 0 Å². The van der Waals surface area contributed by atoms with E-state index in [0.29, 0.717) is 23.7 Å². The third kappa shape index (κ3) is 4.88. The van der Waals surface area contributed by atoms with Gasteiger partial charge in [0, 0.05) is 18.7 Å². The third-order valence-corrected chi connectivity index (χ3v) is 7.56. The zero-order chi connectivity index (χ0) is 21.0. The summed E-state index contributed by atoms with van der Waals surface area (Å²) in [4.78, 5) is 37.8. The lowest BCUT2D eigenvalue weighted by molar-refractivity contribution is -0.137. The zero-order valence-electron chi connectivity index (χ0n) is 16.0. The maximum Gasteiger partial charge on any atom is 0.333 e. The summed E-state index contributed by atoms with van der Waals surface area (Å²) in [5.74, 6) is -1.04. The number of Topliss-reactive ketones (excluding diaryl/α,β-unsaturated/α-hetero) is 1. The van der Waals surface area contributed by atoms with Gasteiger partial charge in [-0.15, -0.1) is 0 Å². The molecule has 10 heteroatoms. The highest BCUT2D eigenvalue weighted by molar-refractivity contribution is 8.04. The Kier molecular flexibility index (Phi) is 6.76. The average molecular weight is 439 g/mol. The Morgan fingerprint density at radius 3 is 2.45 bits per heavy atom. The lowest BCUT2D eigenvalue weighted by Gasteiger charge is -2.17. The minimum atomic E-state index is -3.55. The molecule has 1 amide bonds. The Morgan fingerprint density at radius 1 is 1.17 bits per heavy atom. The monoisotopic (exact) mass is 438 g/mol. The van der Waals surface area contributed by atoms with Crippen LogP contribution in [0.1, 0.15) is 30.1 Å². The number of ether oxygens (including phenoxy) is 1. The molecule has 3 rings (SSSR count). The molecule has 0 N–H and O–H groups in total. The molecule has 1 aromatic carbocycles. The standard InChI is InChI=1S/C19H22N2O6S2/c1-2-27-19(24)11-18-21(17(23)13-28-18)12-16(22)14-5-7-15(8-6-14)29(25,26)20-9-3-4-10-20/h5-8,11H,2-4,9-10,12-13H2,1H3/b18-11-. The molecule has 0 radical (unpaired) electrons. The molecule has 1 aromatic rings. The molecule has 0 atom stereocenters. The Bertz CT molecular complexity index is 934. The summed E-state index contributed by atoms with van der Waals surface area (Å²) in [6, 6.07) is 5.73. The van der Waals surface area contributed by atoms with Crippen molar-refractivity contribution >= 4 is 39.4 Å². The first kappa shape index (κ1) is 21.5. The van der Waals surface area contributed by atoms with Gasteiger partial charge in [-0.2, -0.15) is 4.31 Å². The van der Waals surface area contributed by atoms with Crippen molar-refractivity contribution in [3.05, 3.63) is 40.9 Å². The Labute approximate surface area is 173 Å². The number of carbonyl (C=O) groups excluding carboxylic acids is 3. The number of ketones is 1. The summed E-state index contributed by atoms with van der Waals surface area (Å²) < 4.78 is 31.4. The van der Waals surface area contributed by atoms with Gasteiger partial charge in [-0.3, -0.25) is 14.5 Å². The van der Waals surface area contributed by atoms with Crippen LogP contribution in [0.25, 0.3) is 0 Å². The third-order valence-electron chi connectivity index (χ3n) is 4.62. The number of rotatable bonds is 7. The molecule has 2 heterocycles. The number of sulfonamides is 1. The first-order chi connectivity index (χ1) is 13.8. The fraction of sp³-hybridized carbons (Fsp3) is 0.421. The number of nitrogens with zero attached hydrogens (tertiary/aromatic N) is 2. The van der Waals surface area contributed by atoms with Gasteiger partial charge in [0.1, 0.15) is 0 Å². The van der Waals surface area contributed by atoms with Crippen LogP contribution in [-0.4, -0.2) is 67.3 Å². The number of thioether (sulfide) groups is 1. The number of amides is 1. The number of carbonyl (C=O) groups is 3. The molecule has 0 bridgehead atoms. The van der Waals surface area contributed by atoms with Gasteiger partial charge in [0.15, 0.2) is 5.78 Å². The van der Waals surface area contributed by atoms with E-state index < -0.39 is 16.0 Å². The van der Waals surface area contributed by atoms with Crippen LogP contribution in [0.15, 0.2) is 40.3 Å². The van der Waals surface area contributed by atoms with Gasteiger partial charge in [-0.05, 0) is 44.0 Å². The number of hydrogen-bond donors (Lipinski definition) is 0.